The fraction of sp³-hybridized carbons (Fsp3) is 0.622. The van der Waals surface area contributed by atoms with Crippen molar-refractivity contribution in [2.45, 2.75) is 143 Å². The molecule has 0 unspecified atom stereocenters. The second kappa shape index (κ2) is 61.6. The van der Waals surface area contributed by atoms with Gasteiger partial charge in [-0.05, 0) is 168 Å². The molecule has 0 saturated carbocycles. The third-order valence-electron chi connectivity index (χ3n) is 14.6. The number of aliphatic hydroxyl groups is 2. The molecule has 4 aromatic rings. The number of likely N-dealkylation sites (N-methyl/N-ethyl adjacent to an activating group) is 5. The molecule has 7 N–H and O–H groups in total. The van der Waals surface area contributed by atoms with E-state index in [1.165, 1.54) is 50.1 Å². The van der Waals surface area contributed by atoms with Gasteiger partial charge in [0.1, 0.15) is 0 Å². The van der Waals surface area contributed by atoms with Gasteiger partial charge in [-0.15, -0.1) is 11.6 Å². The number of rotatable bonds is 41. The number of hydrogen-bond donors (Lipinski definition) is 6. The predicted octanol–water partition coefficient (Wildman–Crippen LogP) is 8.97. The van der Waals surface area contributed by atoms with E-state index in [2.05, 4.69) is 148 Å². The molecule has 0 atom stereocenters. The van der Waals surface area contributed by atoms with Gasteiger partial charge >= 0.3 is 0 Å². The zero-order valence-corrected chi connectivity index (χ0v) is 63.2. The highest BCUT2D eigenvalue weighted by Crippen LogP contribution is 2.18. The molecule has 0 aliphatic heterocycles. The number of ketones is 4. The van der Waals surface area contributed by atoms with E-state index in [0.717, 1.165) is 121 Å². The minimum Gasteiger partial charge on any atom is -0.394 e. The zero-order chi connectivity index (χ0) is 72.4. The van der Waals surface area contributed by atoms with Gasteiger partial charge in [0.05, 0.1) is 84.6 Å². The topological polar surface area (TPSA) is 252 Å². The third-order valence-corrected chi connectivity index (χ3v) is 15.5. The number of aliphatic hydroxyl groups excluding tert-OH is 2. The average Bonchev–Trinajstić information content (AvgIpc) is 0.954. The summed E-state index contributed by atoms with van der Waals surface area (Å²) in [5, 5.41) is 21.6. The molecule has 0 amide bonds. The molecule has 0 radical (unpaired) electrons. The second-order valence-electron chi connectivity index (χ2n) is 22.7. The monoisotopic (exact) mass is 1370 g/mol. The number of carbonyl (C=O) groups excluding carboxylic acids is 4. The van der Waals surface area contributed by atoms with Gasteiger partial charge in [0.25, 0.3) is 10.1 Å². The van der Waals surface area contributed by atoms with E-state index in [9.17, 15) is 27.6 Å². The SMILES string of the molecule is CCCOS(C)(=O)=O.CCN.CCN(CCOCCN(CC)CC(=O)Cc1c(C)cccc1C)CC(=O)Cc1c(C)cccc1C.CCNCCOCCN(CC)CC(=O)Cc1c(C)cccc1C.CCNCCONCC.Cc1cccc(C)c1CC(=O)CCl.OCCO. The molecular weight excluding hydrogens is 1250 g/mol. The van der Waals surface area contributed by atoms with Gasteiger partial charge in [0.15, 0.2) is 23.1 Å². The lowest BCUT2D eigenvalue weighted by Crippen LogP contribution is -2.35. The number of Topliss-reactive ketones (excluding diaryl/α,β-unsaturated/α-hetero) is 4. The van der Waals surface area contributed by atoms with E-state index >= 15 is 0 Å². The molecule has 0 aliphatic carbocycles. The van der Waals surface area contributed by atoms with Crippen LogP contribution in [-0.2, 0) is 73.5 Å². The summed E-state index contributed by atoms with van der Waals surface area (Å²) in [5.74, 6) is 0.942. The first-order chi connectivity index (χ1) is 45.3. The Labute approximate surface area is 580 Å². The van der Waals surface area contributed by atoms with E-state index in [4.69, 9.17) is 41.9 Å². The Balaban J connectivity index is -0.00000120. The number of nitrogens with one attached hydrogen (secondary N) is 3. The molecule has 4 rings (SSSR count). The number of ether oxygens (including phenoxy) is 2. The smallest absolute Gasteiger partial charge is 0.264 e. The lowest BCUT2D eigenvalue weighted by Gasteiger charge is -2.22. The Morgan fingerprint density at radius 2 is 0.747 bits per heavy atom. The largest absolute Gasteiger partial charge is 0.394 e. The molecule has 21 heteroatoms. The number of hydrogen-bond acceptors (Lipinski definition) is 19. The van der Waals surface area contributed by atoms with Crippen molar-refractivity contribution in [1.82, 2.24) is 30.8 Å². The van der Waals surface area contributed by atoms with Crippen molar-refractivity contribution in [3.8, 4) is 0 Å². The van der Waals surface area contributed by atoms with Gasteiger partial charge in [-0.1, -0.05) is 128 Å². The maximum atomic E-state index is 12.7. The van der Waals surface area contributed by atoms with Gasteiger partial charge in [0, 0.05) is 65.0 Å². The number of carbonyl (C=O) groups is 4. The standard InChI is InChI=1S/C30H44N2O3.C19H32N2O2.C11H13ClO.C6H16N2O.C4H10O3S.C2H7N.C2H6O2/c1-7-31(21-27(33)19-29-23(3)11-9-12-24(29)4)15-17-35-18-16-32(8-2)22-28(34)20-30-25(5)13-10-14-26(30)6;1-5-20-10-12-23-13-11-21(6-2)15-18(22)14-19-16(3)8-7-9-17(19)4;1-8-4-3-5-9(2)11(8)6-10(13)7-12;1-3-7-5-6-9-8-4-2;1-3-4-7-8(2,5)6;1-2-3;3-1-2-4/h9-14H,7-8,15-22H2,1-6H3;7-9,20H,5-6,10-15H2,1-4H3;3-5H,6-7H2,1-2H3;7-8H,3-6H2,1-2H3;3-4H2,1-2H3;2-3H2,1H3;3-4H,1-2H2. The van der Waals surface area contributed by atoms with Crippen LogP contribution >= 0.6 is 11.6 Å². The Hall–Kier alpha value is -4.72. The van der Waals surface area contributed by atoms with Crippen LogP contribution < -0.4 is 21.8 Å². The van der Waals surface area contributed by atoms with Crippen LogP contribution in [-0.4, -0.2) is 220 Å². The van der Waals surface area contributed by atoms with Crippen LogP contribution in [0.1, 0.15) is 129 Å². The number of halogens is 1. The van der Waals surface area contributed by atoms with Gasteiger partial charge in [-0.25, -0.2) is 5.48 Å². The Morgan fingerprint density at radius 3 is 0.979 bits per heavy atom. The van der Waals surface area contributed by atoms with Crippen LogP contribution in [0.25, 0.3) is 0 Å². The highest BCUT2D eigenvalue weighted by atomic mass is 35.5. The third kappa shape index (κ3) is 51.2. The summed E-state index contributed by atoms with van der Waals surface area (Å²) in [6, 6.07) is 24.6. The molecule has 0 saturated heterocycles. The number of alkyl halides is 1. The summed E-state index contributed by atoms with van der Waals surface area (Å²) in [7, 11) is -3.19. The van der Waals surface area contributed by atoms with Gasteiger partial charge in [-0.3, -0.25) is 38.1 Å². The van der Waals surface area contributed by atoms with Crippen molar-refractivity contribution in [2.24, 2.45) is 5.73 Å². The molecule has 95 heavy (non-hydrogen) atoms. The van der Waals surface area contributed by atoms with Crippen LogP contribution in [0.4, 0.5) is 0 Å². The van der Waals surface area contributed by atoms with Gasteiger partial charge in [-0.2, -0.15) is 8.42 Å². The minimum absolute atomic E-state index is 0.0825. The van der Waals surface area contributed by atoms with Crippen molar-refractivity contribution in [1.29, 1.82) is 0 Å². The quantitative estimate of drug-likeness (QED) is 0.0105. The van der Waals surface area contributed by atoms with Crippen molar-refractivity contribution >= 4 is 44.9 Å². The molecule has 0 spiro atoms. The minimum atomic E-state index is -3.19. The van der Waals surface area contributed by atoms with Crippen LogP contribution in [0.15, 0.2) is 72.8 Å². The number of nitrogens with zero attached hydrogens (tertiary/aromatic N) is 3. The van der Waals surface area contributed by atoms with E-state index in [0.29, 0.717) is 71.7 Å². The Bertz CT molecular complexity index is 2570. The number of hydroxylamine groups is 1. The van der Waals surface area contributed by atoms with Crippen molar-refractivity contribution in [2.75, 3.05) is 163 Å². The highest BCUT2D eigenvalue weighted by molar-refractivity contribution is 7.85. The van der Waals surface area contributed by atoms with Crippen LogP contribution in [0, 0.1) is 55.4 Å². The highest BCUT2D eigenvalue weighted by Gasteiger charge is 2.16. The van der Waals surface area contributed by atoms with Crippen molar-refractivity contribution in [3.63, 3.8) is 0 Å². The summed E-state index contributed by atoms with van der Waals surface area (Å²) < 4.78 is 36.1. The normalized spacial score (nSPS) is 10.7. The maximum absolute atomic E-state index is 12.7. The van der Waals surface area contributed by atoms with E-state index < -0.39 is 10.1 Å². The van der Waals surface area contributed by atoms with Crippen molar-refractivity contribution in [3.05, 3.63) is 140 Å². The molecule has 0 aromatic heterocycles. The van der Waals surface area contributed by atoms with E-state index in [1.54, 1.807) is 0 Å². The van der Waals surface area contributed by atoms with Crippen LogP contribution in [0.3, 0.4) is 0 Å². The van der Waals surface area contributed by atoms with Gasteiger partial charge < -0.3 is 40.9 Å². The van der Waals surface area contributed by atoms with E-state index in [1.807, 2.05) is 71.0 Å². The summed E-state index contributed by atoms with van der Waals surface area (Å²) >= 11 is 5.46. The second-order valence-corrected chi connectivity index (χ2v) is 24.7. The fourth-order valence-corrected chi connectivity index (χ4v) is 9.69. The molecule has 0 aliphatic rings. The van der Waals surface area contributed by atoms with Gasteiger partial charge in [0.2, 0.25) is 0 Å². The maximum Gasteiger partial charge on any atom is 0.264 e. The number of benzene rings is 4. The zero-order valence-electron chi connectivity index (χ0n) is 61.6. The lowest BCUT2D eigenvalue weighted by atomic mass is 9.98. The molecule has 19 nitrogen and oxygen atoms in total. The molecule has 0 fully saturated rings. The first kappa shape index (κ1) is 94.5. The number of nitrogens with two attached hydrogens (primary N) is 1. The predicted molar refractivity (Wildman–Crippen MR) is 394 cm³/mol. The Morgan fingerprint density at radius 1 is 0.463 bits per heavy atom. The molecule has 0 heterocycles. The first-order valence-corrected chi connectivity index (χ1v) is 36.3. The first-order valence-electron chi connectivity index (χ1n) is 34.0. The molecular formula is C74H128ClN7O12S. The summed E-state index contributed by atoms with van der Waals surface area (Å²) in [6.07, 6.45) is 3.72. The molecule has 544 valence electrons. The fourth-order valence-electron chi connectivity index (χ4n) is 9.13. The average molecular weight is 1380 g/mol. The summed E-state index contributed by atoms with van der Waals surface area (Å²) in [5.41, 5.74) is 21.7. The molecule has 4 aromatic carbocycles. The van der Waals surface area contributed by atoms with Crippen molar-refractivity contribution < 1.29 is 56.3 Å². The van der Waals surface area contributed by atoms with Crippen LogP contribution in [0.2, 0.25) is 0 Å². The lowest BCUT2D eigenvalue weighted by molar-refractivity contribution is -0.120. The Kier molecular flexibility index (Phi) is 61.3. The summed E-state index contributed by atoms with van der Waals surface area (Å²) in [4.78, 5) is 60.2. The molecule has 0 bridgehead atoms. The van der Waals surface area contributed by atoms with E-state index in [-0.39, 0.29) is 42.2 Å². The van der Waals surface area contributed by atoms with Crippen LogP contribution in [0.5, 0.6) is 0 Å². The number of aryl methyl sites for hydroxylation is 8. The summed E-state index contributed by atoms with van der Waals surface area (Å²) in [6.45, 7) is 47.5.